The van der Waals surface area contributed by atoms with Gasteiger partial charge in [0.1, 0.15) is 11.6 Å². The first-order valence-electron chi connectivity index (χ1n) is 9.28. The van der Waals surface area contributed by atoms with E-state index in [9.17, 15) is 4.79 Å². The monoisotopic (exact) mass is 353 g/mol. The highest BCUT2D eigenvalue weighted by molar-refractivity contribution is 5.93. The molecule has 0 aromatic carbocycles. The summed E-state index contributed by atoms with van der Waals surface area (Å²) in [7, 11) is 1.83. The van der Waals surface area contributed by atoms with Crippen molar-refractivity contribution in [3.05, 3.63) is 29.5 Å². The van der Waals surface area contributed by atoms with E-state index in [2.05, 4.69) is 15.0 Å². The summed E-state index contributed by atoms with van der Waals surface area (Å²) in [4.78, 5) is 27.3. The Morgan fingerprint density at radius 1 is 1.15 bits per heavy atom. The number of aromatic nitrogens is 4. The van der Waals surface area contributed by atoms with Crippen LogP contribution in [0.1, 0.15) is 29.5 Å². The van der Waals surface area contributed by atoms with Crippen LogP contribution in [0, 0.1) is 6.92 Å². The Labute approximate surface area is 152 Å². The van der Waals surface area contributed by atoms with E-state index in [0.29, 0.717) is 6.04 Å². The molecule has 0 spiro atoms. The van der Waals surface area contributed by atoms with Crippen molar-refractivity contribution in [1.29, 1.82) is 0 Å². The maximum atomic E-state index is 12.1. The van der Waals surface area contributed by atoms with Crippen molar-refractivity contribution in [3.63, 3.8) is 0 Å². The Morgan fingerprint density at radius 2 is 2.00 bits per heavy atom. The second-order valence-electron chi connectivity index (χ2n) is 7.47. The van der Waals surface area contributed by atoms with Gasteiger partial charge >= 0.3 is 6.03 Å². The molecule has 136 valence electrons. The molecule has 5 rings (SSSR count). The number of hydrogen-bond acceptors (Lipinski definition) is 5. The van der Waals surface area contributed by atoms with Crippen molar-refractivity contribution < 1.29 is 4.79 Å². The zero-order chi connectivity index (χ0) is 17.8. The summed E-state index contributed by atoms with van der Waals surface area (Å²) >= 11 is 0. The topological polar surface area (TPSA) is 70.4 Å². The molecule has 4 heterocycles. The summed E-state index contributed by atoms with van der Waals surface area (Å²) in [6, 6.07) is 0.373. The van der Waals surface area contributed by atoms with Crippen molar-refractivity contribution >= 4 is 17.5 Å². The predicted octanol–water partition coefficient (Wildman–Crippen LogP) is 1.40. The summed E-state index contributed by atoms with van der Waals surface area (Å²) in [5, 5.41) is 4.51. The van der Waals surface area contributed by atoms with E-state index in [0.717, 1.165) is 56.4 Å². The third kappa shape index (κ3) is 2.35. The van der Waals surface area contributed by atoms with Gasteiger partial charge in [-0.25, -0.2) is 14.8 Å². The van der Waals surface area contributed by atoms with Crippen LogP contribution in [-0.2, 0) is 12.8 Å². The Hall–Kier alpha value is -2.64. The van der Waals surface area contributed by atoms with Crippen LogP contribution < -0.4 is 9.80 Å². The fourth-order valence-electron chi connectivity index (χ4n) is 4.14. The Kier molecular flexibility index (Phi) is 3.41. The smallest absolute Gasteiger partial charge is 0.324 e. The lowest BCUT2D eigenvalue weighted by molar-refractivity contribution is 0.229. The molecule has 0 unspecified atom stereocenters. The zero-order valence-corrected chi connectivity index (χ0v) is 15.2. The SMILES string of the molecule is Cc1nc2c(c(N3CC(n4cc(N5CCN(C)C5=O)cn4)C3)n1)CCC2. The van der Waals surface area contributed by atoms with Gasteiger partial charge in [-0.2, -0.15) is 5.10 Å². The number of likely N-dealkylation sites (N-methyl/N-ethyl adjacent to an activating group) is 1. The quantitative estimate of drug-likeness (QED) is 0.834. The largest absolute Gasteiger partial charge is 0.352 e. The van der Waals surface area contributed by atoms with Gasteiger partial charge in [0.25, 0.3) is 0 Å². The minimum Gasteiger partial charge on any atom is -0.352 e. The molecule has 2 saturated heterocycles. The third-order valence-electron chi connectivity index (χ3n) is 5.68. The number of hydrogen-bond donors (Lipinski definition) is 0. The number of fused-ring (bicyclic) bond motifs is 1. The van der Waals surface area contributed by atoms with E-state index in [1.165, 1.54) is 17.7 Å². The van der Waals surface area contributed by atoms with Crippen molar-refractivity contribution in [2.24, 2.45) is 0 Å². The number of amides is 2. The van der Waals surface area contributed by atoms with Gasteiger partial charge in [0.2, 0.25) is 0 Å². The van der Waals surface area contributed by atoms with Crippen molar-refractivity contribution in [1.82, 2.24) is 24.6 Å². The van der Waals surface area contributed by atoms with E-state index in [4.69, 9.17) is 4.98 Å². The Balaban J connectivity index is 1.30. The van der Waals surface area contributed by atoms with Gasteiger partial charge in [0.15, 0.2) is 0 Å². The first-order valence-corrected chi connectivity index (χ1v) is 9.28. The molecule has 2 aromatic heterocycles. The molecule has 3 aliphatic rings. The van der Waals surface area contributed by atoms with Crippen LogP contribution in [0.25, 0.3) is 0 Å². The number of rotatable bonds is 3. The number of carbonyl (C=O) groups is 1. The molecule has 1 aliphatic carbocycles. The molecule has 2 fully saturated rings. The van der Waals surface area contributed by atoms with Crippen molar-refractivity contribution in [3.8, 4) is 0 Å². The summed E-state index contributed by atoms with van der Waals surface area (Å²) in [5.41, 5.74) is 3.45. The van der Waals surface area contributed by atoms with Gasteiger partial charge < -0.3 is 9.80 Å². The van der Waals surface area contributed by atoms with Crippen molar-refractivity contribution in [2.45, 2.75) is 32.2 Å². The molecule has 0 saturated carbocycles. The predicted molar refractivity (Wildman–Crippen MR) is 97.6 cm³/mol. The van der Waals surface area contributed by atoms with Crippen LogP contribution in [0.3, 0.4) is 0 Å². The number of anilines is 2. The van der Waals surface area contributed by atoms with Crippen LogP contribution in [0.15, 0.2) is 12.4 Å². The average Bonchev–Trinajstić information content (AvgIpc) is 3.28. The number of aryl methyl sites for hydroxylation is 2. The number of carbonyl (C=O) groups excluding carboxylic acids is 1. The molecule has 0 N–H and O–H groups in total. The maximum Gasteiger partial charge on any atom is 0.324 e. The molecular weight excluding hydrogens is 330 g/mol. The van der Waals surface area contributed by atoms with Gasteiger partial charge in [0.05, 0.1) is 17.9 Å². The highest BCUT2D eigenvalue weighted by atomic mass is 16.2. The van der Waals surface area contributed by atoms with E-state index < -0.39 is 0 Å². The Bertz CT molecular complexity index is 870. The van der Waals surface area contributed by atoms with E-state index in [-0.39, 0.29) is 6.03 Å². The minimum atomic E-state index is 0.0480. The van der Waals surface area contributed by atoms with Crippen LogP contribution in [0.5, 0.6) is 0 Å². The molecular formula is C18H23N7O. The summed E-state index contributed by atoms with van der Waals surface area (Å²) < 4.78 is 1.99. The second-order valence-corrected chi connectivity index (χ2v) is 7.47. The fraction of sp³-hybridized carbons (Fsp3) is 0.556. The lowest BCUT2D eigenvalue weighted by Crippen LogP contribution is -2.49. The molecule has 2 aromatic rings. The number of urea groups is 1. The molecule has 8 heteroatoms. The molecule has 8 nitrogen and oxygen atoms in total. The lowest BCUT2D eigenvalue weighted by Gasteiger charge is -2.41. The summed E-state index contributed by atoms with van der Waals surface area (Å²) in [5.74, 6) is 1.98. The maximum absolute atomic E-state index is 12.1. The molecule has 0 radical (unpaired) electrons. The second kappa shape index (κ2) is 5.69. The van der Waals surface area contributed by atoms with E-state index in [1.807, 2.05) is 24.9 Å². The summed E-state index contributed by atoms with van der Waals surface area (Å²) in [6.45, 7) is 5.27. The first-order chi connectivity index (χ1) is 12.6. The molecule has 0 atom stereocenters. The van der Waals surface area contributed by atoms with Gasteiger partial charge in [-0.05, 0) is 26.2 Å². The van der Waals surface area contributed by atoms with Crippen LogP contribution in [0.4, 0.5) is 16.3 Å². The van der Waals surface area contributed by atoms with Gasteiger partial charge in [-0.3, -0.25) is 9.58 Å². The van der Waals surface area contributed by atoms with E-state index >= 15 is 0 Å². The van der Waals surface area contributed by atoms with Gasteiger partial charge in [-0.1, -0.05) is 0 Å². The van der Waals surface area contributed by atoms with Gasteiger partial charge in [-0.15, -0.1) is 0 Å². The van der Waals surface area contributed by atoms with Crippen LogP contribution in [0.2, 0.25) is 0 Å². The average molecular weight is 353 g/mol. The van der Waals surface area contributed by atoms with Crippen molar-refractivity contribution in [2.75, 3.05) is 43.0 Å². The molecule has 2 aliphatic heterocycles. The normalized spacial score (nSPS) is 20.1. The minimum absolute atomic E-state index is 0.0480. The lowest BCUT2D eigenvalue weighted by atomic mass is 10.1. The van der Waals surface area contributed by atoms with E-state index in [1.54, 1.807) is 16.0 Å². The number of nitrogens with zero attached hydrogens (tertiary/aromatic N) is 7. The third-order valence-corrected chi connectivity index (χ3v) is 5.68. The molecule has 26 heavy (non-hydrogen) atoms. The molecule has 0 bridgehead atoms. The van der Waals surface area contributed by atoms with Crippen LogP contribution in [-0.4, -0.2) is 63.9 Å². The first kappa shape index (κ1) is 15.6. The summed E-state index contributed by atoms with van der Waals surface area (Å²) in [6.07, 6.45) is 7.13. The zero-order valence-electron chi connectivity index (χ0n) is 15.2. The standard InChI is InChI=1S/C18H23N7O/c1-12-20-16-5-3-4-15(16)17(21-12)23-9-14(10-23)25-11-13(8-19-25)24-7-6-22(2)18(24)26/h8,11,14H,3-7,9-10H2,1-2H3. The Morgan fingerprint density at radius 3 is 2.77 bits per heavy atom. The molecule has 2 amide bonds. The highest BCUT2D eigenvalue weighted by Crippen LogP contribution is 2.34. The van der Waals surface area contributed by atoms with Gasteiger partial charge in [0, 0.05) is 50.7 Å². The van der Waals surface area contributed by atoms with Crippen LogP contribution >= 0.6 is 0 Å². The highest BCUT2D eigenvalue weighted by Gasteiger charge is 2.34. The fourth-order valence-corrected chi connectivity index (χ4v) is 4.14.